The molecule has 0 unspecified atom stereocenters. The molecule has 0 aliphatic carbocycles. The molecule has 0 amide bonds. The Labute approximate surface area is 77.0 Å². The number of carboxylic acids is 1. The highest BCUT2D eigenvalue weighted by Gasteiger charge is 2.37. The van der Waals surface area contributed by atoms with E-state index in [2.05, 4.69) is 11.3 Å². The van der Waals surface area contributed by atoms with E-state index in [1.165, 1.54) is 0 Å². The Morgan fingerprint density at radius 1 is 1.36 bits per heavy atom. The van der Waals surface area contributed by atoms with Gasteiger partial charge in [-0.05, 0) is 0 Å². The summed E-state index contributed by atoms with van der Waals surface area (Å²) < 4.78 is 39.3. The first-order valence-corrected chi connectivity index (χ1v) is 3.40. The first-order valence-electron chi connectivity index (χ1n) is 3.40. The van der Waals surface area contributed by atoms with Crippen LogP contribution in [-0.2, 0) is 14.3 Å². The summed E-state index contributed by atoms with van der Waals surface area (Å²) in [7, 11) is 0. The average molecular weight is 212 g/mol. The van der Waals surface area contributed by atoms with Gasteiger partial charge in [0.15, 0.2) is 0 Å². The fraction of sp³-hybridized carbons (Fsp3) is 0.429. The summed E-state index contributed by atoms with van der Waals surface area (Å²) >= 11 is 0. The van der Waals surface area contributed by atoms with Crippen molar-refractivity contribution < 1.29 is 32.6 Å². The zero-order valence-electron chi connectivity index (χ0n) is 6.93. The second kappa shape index (κ2) is 4.64. The summed E-state index contributed by atoms with van der Waals surface area (Å²) in [4.78, 5) is 20.4. The van der Waals surface area contributed by atoms with Crippen LogP contribution in [0.1, 0.15) is 6.42 Å². The van der Waals surface area contributed by atoms with E-state index in [0.717, 1.165) is 0 Å². The molecule has 0 saturated heterocycles. The first kappa shape index (κ1) is 12.5. The predicted molar refractivity (Wildman–Crippen MR) is 38.4 cm³/mol. The van der Waals surface area contributed by atoms with E-state index in [9.17, 15) is 22.8 Å². The summed E-state index contributed by atoms with van der Waals surface area (Å²) in [5.74, 6) is -2.92. The molecule has 0 fully saturated rings. The largest absolute Gasteiger partial charge is 0.481 e. The number of alkyl halides is 3. The van der Waals surface area contributed by atoms with Gasteiger partial charge >= 0.3 is 18.1 Å². The van der Waals surface area contributed by atoms with Crippen LogP contribution < -0.4 is 0 Å². The van der Waals surface area contributed by atoms with Crippen LogP contribution in [0.3, 0.4) is 0 Å². The van der Waals surface area contributed by atoms with Crippen molar-refractivity contribution in [2.24, 2.45) is 0 Å². The van der Waals surface area contributed by atoms with Crippen molar-refractivity contribution in [1.82, 2.24) is 0 Å². The number of hydrogen-bond acceptors (Lipinski definition) is 3. The maximum absolute atomic E-state index is 11.8. The van der Waals surface area contributed by atoms with E-state index in [1.54, 1.807) is 0 Å². The van der Waals surface area contributed by atoms with Crippen molar-refractivity contribution >= 4 is 11.9 Å². The maximum Gasteiger partial charge on any atom is 0.422 e. The van der Waals surface area contributed by atoms with Gasteiger partial charge in [0, 0.05) is 0 Å². The Morgan fingerprint density at radius 2 is 1.86 bits per heavy atom. The van der Waals surface area contributed by atoms with Crippen LogP contribution in [0.5, 0.6) is 0 Å². The number of halogens is 3. The summed E-state index contributed by atoms with van der Waals surface area (Å²) in [5, 5.41) is 8.09. The standard InChI is InChI=1S/C7H7F3O4/c1-4(7(8,9)10)6(13)14-3-2-5(11)12/h1-3H2,(H,11,12). The molecule has 0 saturated carbocycles. The third-order valence-electron chi connectivity index (χ3n) is 1.14. The van der Waals surface area contributed by atoms with Crippen LogP contribution in [0.25, 0.3) is 0 Å². The molecule has 0 heterocycles. The van der Waals surface area contributed by atoms with Crippen LogP contribution in [-0.4, -0.2) is 29.8 Å². The summed E-state index contributed by atoms with van der Waals surface area (Å²) in [6.07, 6.45) is -5.39. The SMILES string of the molecule is C=C(C(=O)OCCC(=O)O)C(F)(F)F. The summed E-state index contributed by atoms with van der Waals surface area (Å²) in [6, 6.07) is 0. The summed E-state index contributed by atoms with van der Waals surface area (Å²) in [6.45, 7) is 1.87. The molecule has 4 nitrogen and oxygen atoms in total. The fourth-order valence-electron chi connectivity index (χ4n) is 0.434. The molecule has 0 rings (SSSR count). The monoisotopic (exact) mass is 212 g/mol. The van der Waals surface area contributed by atoms with Gasteiger partial charge in [0.2, 0.25) is 0 Å². The molecule has 80 valence electrons. The molecule has 0 aromatic carbocycles. The van der Waals surface area contributed by atoms with Crippen LogP contribution in [0.15, 0.2) is 12.2 Å². The molecule has 0 aromatic rings. The zero-order valence-corrected chi connectivity index (χ0v) is 6.93. The summed E-state index contributed by atoms with van der Waals surface area (Å²) in [5.41, 5.74) is -1.65. The van der Waals surface area contributed by atoms with Gasteiger partial charge in [0.25, 0.3) is 0 Å². The highest BCUT2D eigenvalue weighted by molar-refractivity contribution is 5.89. The molecule has 0 aliphatic rings. The van der Waals surface area contributed by atoms with Gasteiger partial charge < -0.3 is 9.84 Å². The van der Waals surface area contributed by atoms with Crippen molar-refractivity contribution in [3.8, 4) is 0 Å². The molecule has 0 atom stereocenters. The highest BCUT2D eigenvalue weighted by atomic mass is 19.4. The van der Waals surface area contributed by atoms with Gasteiger partial charge in [0.05, 0.1) is 6.42 Å². The van der Waals surface area contributed by atoms with E-state index in [0.29, 0.717) is 0 Å². The number of aliphatic carboxylic acids is 1. The number of carboxylic acid groups (broad SMARTS) is 1. The quantitative estimate of drug-likeness (QED) is 0.560. The molecule has 0 radical (unpaired) electrons. The second-order valence-corrected chi connectivity index (χ2v) is 2.26. The van der Waals surface area contributed by atoms with Crippen LogP contribution in [0.2, 0.25) is 0 Å². The third-order valence-corrected chi connectivity index (χ3v) is 1.14. The van der Waals surface area contributed by atoms with E-state index >= 15 is 0 Å². The van der Waals surface area contributed by atoms with Gasteiger partial charge in [-0.3, -0.25) is 4.79 Å². The number of carbonyl (C=O) groups excluding carboxylic acids is 1. The zero-order chi connectivity index (χ0) is 11.4. The molecule has 7 heteroatoms. The molecular weight excluding hydrogens is 205 g/mol. The molecule has 0 bridgehead atoms. The van der Waals surface area contributed by atoms with Gasteiger partial charge in [-0.25, -0.2) is 4.79 Å². The third kappa shape index (κ3) is 4.48. The first-order chi connectivity index (χ1) is 6.25. The fourth-order valence-corrected chi connectivity index (χ4v) is 0.434. The van der Waals surface area contributed by atoms with E-state index < -0.39 is 36.7 Å². The molecular formula is C7H7F3O4. The number of rotatable bonds is 4. The van der Waals surface area contributed by atoms with Gasteiger partial charge in [0.1, 0.15) is 12.2 Å². The van der Waals surface area contributed by atoms with Gasteiger partial charge in [-0.1, -0.05) is 6.58 Å². The lowest BCUT2D eigenvalue weighted by atomic mass is 10.3. The van der Waals surface area contributed by atoms with Gasteiger partial charge in [-0.15, -0.1) is 0 Å². The van der Waals surface area contributed by atoms with Crippen LogP contribution >= 0.6 is 0 Å². The smallest absolute Gasteiger partial charge is 0.422 e. The maximum atomic E-state index is 11.8. The van der Waals surface area contributed by atoms with Gasteiger partial charge in [-0.2, -0.15) is 13.2 Å². The van der Waals surface area contributed by atoms with Crippen molar-refractivity contribution in [1.29, 1.82) is 0 Å². The van der Waals surface area contributed by atoms with Crippen LogP contribution in [0, 0.1) is 0 Å². The van der Waals surface area contributed by atoms with Crippen molar-refractivity contribution in [2.75, 3.05) is 6.61 Å². The normalized spacial score (nSPS) is 10.8. The Hall–Kier alpha value is -1.53. The molecule has 1 N–H and O–H groups in total. The Kier molecular flexibility index (Phi) is 4.13. The highest BCUT2D eigenvalue weighted by Crippen LogP contribution is 2.24. The molecule has 0 aliphatic heterocycles. The van der Waals surface area contributed by atoms with E-state index in [-0.39, 0.29) is 0 Å². The van der Waals surface area contributed by atoms with Crippen LogP contribution in [0.4, 0.5) is 13.2 Å². The Balaban J connectivity index is 3.98. The number of ether oxygens (including phenoxy) is 1. The molecule has 0 aromatic heterocycles. The van der Waals surface area contributed by atoms with E-state index in [1.807, 2.05) is 0 Å². The predicted octanol–water partition coefficient (Wildman–Crippen LogP) is 1.12. The second-order valence-electron chi connectivity index (χ2n) is 2.26. The minimum absolute atomic E-state index is 0.545. The minimum Gasteiger partial charge on any atom is -0.481 e. The lowest BCUT2D eigenvalue weighted by molar-refractivity contribution is -0.151. The lowest BCUT2D eigenvalue weighted by Gasteiger charge is -2.08. The molecule has 14 heavy (non-hydrogen) atoms. The number of esters is 1. The Morgan fingerprint density at radius 3 is 2.21 bits per heavy atom. The Bertz CT molecular complexity index is 256. The van der Waals surface area contributed by atoms with Crippen molar-refractivity contribution in [3.05, 3.63) is 12.2 Å². The minimum atomic E-state index is -4.85. The molecule has 0 spiro atoms. The number of carbonyl (C=O) groups is 2. The average Bonchev–Trinajstić information content (AvgIpc) is 2.00. The topological polar surface area (TPSA) is 63.6 Å². The lowest BCUT2D eigenvalue weighted by Crippen LogP contribution is -2.21. The number of hydrogen-bond donors (Lipinski definition) is 1. The van der Waals surface area contributed by atoms with Crippen molar-refractivity contribution in [2.45, 2.75) is 12.6 Å². The van der Waals surface area contributed by atoms with E-state index in [4.69, 9.17) is 5.11 Å². The van der Waals surface area contributed by atoms with Crippen molar-refractivity contribution in [3.63, 3.8) is 0 Å².